The van der Waals surface area contributed by atoms with Gasteiger partial charge < -0.3 is 15.4 Å². The minimum absolute atomic E-state index is 0.0405. The normalized spacial score (nSPS) is 37.9. The van der Waals surface area contributed by atoms with Crippen LogP contribution in [-0.2, 0) is 0 Å². The van der Waals surface area contributed by atoms with Crippen molar-refractivity contribution in [3.8, 4) is 0 Å². The van der Waals surface area contributed by atoms with Gasteiger partial charge in [0, 0.05) is 6.04 Å². The summed E-state index contributed by atoms with van der Waals surface area (Å²) in [5.41, 5.74) is 0.593. The maximum absolute atomic E-state index is 11.1. The highest BCUT2D eigenvalue weighted by atomic mass is 16.6. The predicted octanol–water partition coefficient (Wildman–Crippen LogP) is 3.23. The highest BCUT2D eigenvalue weighted by Gasteiger charge is 2.48. The average Bonchev–Trinajstić information content (AvgIpc) is 2.42. The maximum Gasteiger partial charge on any atom is 0.386 e. The molecule has 0 aromatic carbocycles. The Kier molecular flexibility index (Phi) is 2.69. The number of nitrogens with zero attached hydrogens (tertiary/aromatic N) is 2. The van der Waals surface area contributed by atoms with Gasteiger partial charge in [-0.1, -0.05) is 0 Å². The number of hydrogen-bond donors (Lipinski definition) is 1. The first kappa shape index (κ1) is 12.1. The second-order valence-corrected chi connectivity index (χ2v) is 6.73. The third-order valence-electron chi connectivity index (χ3n) is 5.51. The van der Waals surface area contributed by atoms with Crippen LogP contribution in [0.4, 0.5) is 11.5 Å². The van der Waals surface area contributed by atoms with Gasteiger partial charge in [0.15, 0.2) is 0 Å². The molecule has 20 heavy (non-hydrogen) atoms. The van der Waals surface area contributed by atoms with Gasteiger partial charge in [0.1, 0.15) is 11.9 Å². The molecule has 4 saturated carbocycles. The van der Waals surface area contributed by atoms with Crippen molar-refractivity contribution in [1.82, 2.24) is 4.98 Å². The molecule has 0 amide bonds. The highest BCUT2D eigenvalue weighted by Crippen LogP contribution is 2.54. The van der Waals surface area contributed by atoms with E-state index in [1.165, 1.54) is 38.3 Å². The highest BCUT2D eigenvalue weighted by molar-refractivity contribution is 5.57. The molecule has 0 spiro atoms. The molecule has 1 heterocycles. The van der Waals surface area contributed by atoms with Gasteiger partial charge in [0.05, 0.1) is 0 Å². The van der Waals surface area contributed by atoms with Crippen LogP contribution in [0.25, 0.3) is 0 Å². The summed E-state index contributed by atoms with van der Waals surface area (Å²) in [5.74, 6) is 3.19. The molecule has 1 aromatic rings. The van der Waals surface area contributed by atoms with E-state index in [-0.39, 0.29) is 5.82 Å². The van der Waals surface area contributed by atoms with Crippen LogP contribution < -0.4 is 5.32 Å². The van der Waals surface area contributed by atoms with E-state index >= 15 is 0 Å². The Morgan fingerprint density at radius 1 is 1.15 bits per heavy atom. The van der Waals surface area contributed by atoms with Gasteiger partial charge in [0.2, 0.25) is 0 Å². The van der Waals surface area contributed by atoms with Crippen LogP contribution in [0.3, 0.4) is 0 Å². The Balaban J connectivity index is 1.59. The predicted molar refractivity (Wildman–Crippen MR) is 75.3 cm³/mol. The first-order chi connectivity index (χ1) is 9.70. The van der Waals surface area contributed by atoms with E-state index in [0.717, 1.165) is 11.8 Å². The van der Waals surface area contributed by atoms with Crippen LogP contribution in [-0.4, -0.2) is 15.9 Å². The Hall–Kier alpha value is -1.65. The first-order valence-corrected chi connectivity index (χ1v) is 7.56. The first-order valence-electron chi connectivity index (χ1n) is 7.56. The number of hydrogen-bond acceptors (Lipinski definition) is 4. The zero-order valence-corrected chi connectivity index (χ0v) is 11.4. The Morgan fingerprint density at radius 3 is 2.40 bits per heavy atom. The van der Waals surface area contributed by atoms with Gasteiger partial charge in [-0.25, -0.2) is 0 Å². The molecule has 1 aromatic heterocycles. The molecule has 4 fully saturated rings. The molecule has 0 atom stereocenters. The number of rotatable bonds is 3. The van der Waals surface area contributed by atoms with Gasteiger partial charge in [-0.3, -0.25) is 0 Å². The van der Waals surface area contributed by atoms with Crippen molar-refractivity contribution in [2.75, 3.05) is 5.32 Å². The van der Waals surface area contributed by atoms with Crippen LogP contribution >= 0.6 is 0 Å². The summed E-state index contributed by atoms with van der Waals surface area (Å²) in [6.45, 7) is 0. The molecule has 106 valence electrons. The number of anilines is 1. The van der Waals surface area contributed by atoms with Gasteiger partial charge in [-0.2, -0.15) is 0 Å². The molecule has 5 rings (SSSR count). The lowest BCUT2D eigenvalue weighted by atomic mass is 9.54. The van der Waals surface area contributed by atoms with Gasteiger partial charge >= 0.3 is 5.82 Å². The molecule has 5 heteroatoms. The smallest absolute Gasteiger partial charge is 0.375 e. The fourth-order valence-corrected chi connectivity index (χ4v) is 5.00. The zero-order valence-electron chi connectivity index (χ0n) is 11.4. The van der Waals surface area contributed by atoms with E-state index in [1.54, 1.807) is 12.1 Å². The molecule has 0 aliphatic heterocycles. The molecule has 1 N–H and O–H groups in total. The lowest BCUT2D eigenvalue weighted by Gasteiger charge is -2.54. The lowest BCUT2D eigenvalue weighted by molar-refractivity contribution is -0.388. The summed E-state index contributed by atoms with van der Waals surface area (Å²) in [7, 11) is 0. The standard InChI is InChI=1S/C15H19N3O2/c19-18(20)15-13(2-1-3-16-15)17-14-11-5-9-4-10(7-11)8-12(14)6-9/h1-3,9-12,14,17H,4-8H2. The van der Waals surface area contributed by atoms with Crippen molar-refractivity contribution in [1.29, 1.82) is 0 Å². The summed E-state index contributed by atoms with van der Waals surface area (Å²) in [4.78, 5) is 14.6. The third-order valence-corrected chi connectivity index (χ3v) is 5.51. The second-order valence-electron chi connectivity index (χ2n) is 6.73. The minimum atomic E-state index is -0.390. The van der Waals surface area contributed by atoms with E-state index in [9.17, 15) is 10.1 Å². The van der Waals surface area contributed by atoms with Crippen molar-refractivity contribution in [2.45, 2.75) is 38.1 Å². The second kappa shape index (κ2) is 4.43. The SMILES string of the molecule is O=[N+]([O-])c1ncccc1NC1C2CC3CC(C2)CC1C3. The van der Waals surface area contributed by atoms with E-state index in [4.69, 9.17) is 0 Å². The summed E-state index contributed by atoms with van der Waals surface area (Å²) >= 11 is 0. The molecule has 4 aliphatic rings. The zero-order chi connectivity index (χ0) is 13.7. The van der Waals surface area contributed by atoms with Crippen molar-refractivity contribution < 1.29 is 4.92 Å². The number of aromatic nitrogens is 1. The fraction of sp³-hybridized carbons (Fsp3) is 0.667. The van der Waals surface area contributed by atoms with E-state index in [0.29, 0.717) is 23.6 Å². The molecule has 0 radical (unpaired) electrons. The van der Waals surface area contributed by atoms with Crippen molar-refractivity contribution in [3.63, 3.8) is 0 Å². The quantitative estimate of drug-likeness (QED) is 0.678. The molecular weight excluding hydrogens is 254 g/mol. The summed E-state index contributed by atoms with van der Waals surface area (Å²) in [5, 5.41) is 14.5. The number of pyridine rings is 1. The van der Waals surface area contributed by atoms with Crippen LogP contribution in [0.1, 0.15) is 32.1 Å². The Morgan fingerprint density at radius 2 is 1.80 bits per heavy atom. The topological polar surface area (TPSA) is 68.1 Å². The van der Waals surface area contributed by atoms with E-state index in [1.807, 2.05) is 0 Å². The van der Waals surface area contributed by atoms with Crippen LogP contribution in [0.15, 0.2) is 18.3 Å². The van der Waals surface area contributed by atoms with Gasteiger partial charge in [-0.15, -0.1) is 0 Å². The van der Waals surface area contributed by atoms with Crippen molar-refractivity contribution >= 4 is 11.5 Å². The third kappa shape index (κ3) is 1.87. The molecule has 0 saturated heterocycles. The van der Waals surface area contributed by atoms with Crippen molar-refractivity contribution in [3.05, 3.63) is 28.4 Å². The molecule has 4 bridgehead atoms. The summed E-state index contributed by atoms with van der Waals surface area (Å²) < 4.78 is 0. The molecule has 5 nitrogen and oxygen atoms in total. The lowest BCUT2D eigenvalue weighted by Crippen LogP contribution is -2.51. The van der Waals surface area contributed by atoms with Gasteiger partial charge in [0.25, 0.3) is 0 Å². The van der Waals surface area contributed by atoms with Gasteiger partial charge in [-0.05, 0) is 77.8 Å². The Bertz CT molecular complexity index is 518. The largest absolute Gasteiger partial charge is 0.386 e. The van der Waals surface area contributed by atoms with E-state index < -0.39 is 4.92 Å². The van der Waals surface area contributed by atoms with Crippen LogP contribution in [0.2, 0.25) is 0 Å². The molecule has 0 unspecified atom stereocenters. The summed E-state index contributed by atoms with van der Waals surface area (Å²) in [6, 6.07) is 3.97. The minimum Gasteiger partial charge on any atom is -0.375 e. The Labute approximate surface area is 117 Å². The molecular formula is C15H19N3O2. The van der Waals surface area contributed by atoms with Crippen molar-refractivity contribution in [2.24, 2.45) is 23.7 Å². The van der Waals surface area contributed by atoms with Crippen LogP contribution in [0, 0.1) is 33.8 Å². The maximum atomic E-state index is 11.1. The average molecular weight is 273 g/mol. The number of nitro groups is 1. The fourth-order valence-electron chi connectivity index (χ4n) is 5.00. The van der Waals surface area contributed by atoms with E-state index in [2.05, 4.69) is 10.3 Å². The van der Waals surface area contributed by atoms with Crippen LogP contribution in [0.5, 0.6) is 0 Å². The molecule has 4 aliphatic carbocycles. The monoisotopic (exact) mass is 273 g/mol. The summed E-state index contributed by atoms with van der Waals surface area (Å²) in [6.07, 6.45) is 8.13. The number of nitrogens with one attached hydrogen (secondary N) is 1.